The van der Waals surface area contributed by atoms with Gasteiger partial charge in [-0.2, -0.15) is 0 Å². The third-order valence-corrected chi connectivity index (χ3v) is 3.84. The van der Waals surface area contributed by atoms with Gasteiger partial charge in [-0.25, -0.2) is 4.68 Å². The molecule has 110 valence electrons. The molecule has 0 radical (unpaired) electrons. The molecule has 1 saturated heterocycles. The number of piperidine rings is 1. The molecule has 21 heavy (non-hydrogen) atoms. The summed E-state index contributed by atoms with van der Waals surface area (Å²) in [6.45, 7) is 2.83. The van der Waals surface area contributed by atoms with Crippen molar-refractivity contribution in [1.29, 1.82) is 0 Å². The lowest BCUT2D eigenvalue weighted by Crippen LogP contribution is -2.54. The van der Waals surface area contributed by atoms with E-state index in [9.17, 15) is 4.79 Å². The highest BCUT2D eigenvalue weighted by Gasteiger charge is 2.34. The number of aromatic nitrogens is 4. The second-order valence-corrected chi connectivity index (χ2v) is 5.47. The molecule has 2 N–H and O–H groups in total. The van der Waals surface area contributed by atoms with Crippen LogP contribution in [0.5, 0.6) is 0 Å². The number of amides is 1. The Labute approximate surface area is 122 Å². The Bertz CT molecular complexity index is 618. The first-order valence-corrected chi connectivity index (χ1v) is 7.07. The molecule has 1 fully saturated rings. The quantitative estimate of drug-likeness (QED) is 0.883. The molecule has 7 nitrogen and oxygen atoms in total. The Kier molecular flexibility index (Phi) is 3.66. The van der Waals surface area contributed by atoms with Gasteiger partial charge < -0.3 is 10.6 Å². The minimum absolute atomic E-state index is 0.00364. The number of carbonyl (C=O) groups excluding carboxylic acids is 1. The number of rotatable bonds is 3. The number of hydrogen-bond acceptors (Lipinski definition) is 5. The molecule has 2 heterocycles. The number of tetrazole rings is 1. The maximum atomic E-state index is 12.5. The average molecular weight is 286 g/mol. The van der Waals surface area contributed by atoms with Crippen molar-refractivity contribution in [2.24, 2.45) is 0 Å². The Morgan fingerprint density at radius 2 is 2.33 bits per heavy atom. The van der Waals surface area contributed by atoms with Crippen molar-refractivity contribution in [3.8, 4) is 5.69 Å². The number of nitrogens with zero attached hydrogens (tertiary/aromatic N) is 4. The minimum atomic E-state index is -0.497. The molecule has 1 aliphatic heterocycles. The lowest BCUT2D eigenvalue weighted by Gasteiger charge is -2.33. The van der Waals surface area contributed by atoms with Crippen LogP contribution in [-0.4, -0.2) is 38.2 Å². The standard InChI is InChI=1S/C14H18N6O/c1-14(7-2-3-8-15-14)13(21)17-11-5-4-6-12(9-11)20-10-16-18-19-20/h4-6,9-10,15H,2-3,7-8H2,1H3,(H,17,21). The smallest absolute Gasteiger partial charge is 0.244 e. The normalized spacial score (nSPS) is 22.0. The van der Waals surface area contributed by atoms with E-state index in [1.165, 1.54) is 6.33 Å². The maximum absolute atomic E-state index is 12.5. The lowest BCUT2D eigenvalue weighted by atomic mass is 9.90. The Morgan fingerprint density at radius 3 is 3.05 bits per heavy atom. The molecule has 7 heteroatoms. The summed E-state index contributed by atoms with van der Waals surface area (Å²) in [5.74, 6) is -0.00364. The third-order valence-electron chi connectivity index (χ3n) is 3.84. The van der Waals surface area contributed by atoms with E-state index < -0.39 is 5.54 Å². The molecule has 0 aliphatic carbocycles. The largest absolute Gasteiger partial charge is 0.324 e. The summed E-state index contributed by atoms with van der Waals surface area (Å²) >= 11 is 0. The molecule has 1 aliphatic rings. The van der Waals surface area contributed by atoms with E-state index in [4.69, 9.17) is 0 Å². The van der Waals surface area contributed by atoms with Crippen LogP contribution in [0.15, 0.2) is 30.6 Å². The fourth-order valence-electron chi connectivity index (χ4n) is 2.52. The van der Waals surface area contributed by atoms with E-state index >= 15 is 0 Å². The van der Waals surface area contributed by atoms with Gasteiger partial charge in [0, 0.05) is 5.69 Å². The molecule has 3 rings (SSSR count). The highest BCUT2D eigenvalue weighted by atomic mass is 16.2. The molecular weight excluding hydrogens is 268 g/mol. The molecular formula is C14H18N6O. The average Bonchev–Trinajstić information content (AvgIpc) is 3.02. The van der Waals surface area contributed by atoms with Crippen LogP contribution in [0.3, 0.4) is 0 Å². The first-order valence-electron chi connectivity index (χ1n) is 7.07. The van der Waals surface area contributed by atoms with Crippen LogP contribution in [0, 0.1) is 0 Å². The van der Waals surface area contributed by atoms with Gasteiger partial charge >= 0.3 is 0 Å². The number of carbonyl (C=O) groups is 1. The van der Waals surface area contributed by atoms with E-state index in [-0.39, 0.29) is 5.91 Å². The highest BCUT2D eigenvalue weighted by molar-refractivity contribution is 5.98. The molecule has 1 atom stereocenters. The van der Waals surface area contributed by atoms with Crippen LogP contribution in [0.25, 0.3) is 5.69 Å². The number of benzene rings is 1. The molecule has 1 aromatic carbocycles. The SMILES string of the molecule is CC1(C(=O)Nc2cccc(-n3cnnn3)c2)CCCCN1. The number of hydrogen-bond donors (Lipinski definition) is 2. The van der Waals surface area contributed by atoms with Crippen molar-refractivity contribution in [2.45, 2.75) is 31.7 Å². The first kappa shape index (κ1) is 13.7. The fourth-order valence-corrected chi connectivity index (χ4v) is 2.52. The van der Waals surface area contributed by atoms with Crippen molar-refractivity contribution in [2.75, 3.05) is 11.9 Å². The molecule has 2 aromatic rings. The van der Waals surface area contributed by atoms with E-state index in [1.807, 2.05) is 31.2 Å². The van der Waals surface area contributed by atoms with Crippen LogP contribution in [0.1, 0.15) is 26.2 Å². The van der Waals surface area contributed by atoms with Crippen LogP contribution < -0.4 is 10.6 Å². The van der Waals surface area contributed by atoms with Gasteiger partial charge in [0.25, 0.3) is 0 Å². The van der Waals surface area contributed by atoms with Crippen molar-refractivity contribution in [3.05, 3.63) is 30.6 Å². The topological polar surface area (TPSA) is 84.7 Å². The van der Waals surface area contributed by atoms with Gasteiger partial charge in [-0.3, -0.25) is 4.79 Å². The predicted molar refractivity (Wildman–Crippen MR) is 78.0 cm³/mol. The lowest BCUT2D eigenvalue weighted by molar-refractivity contribution is -0.122. The zero-order valence-electron chi connectivity index (χ0n) is 11.9. The zero-order valence-corrected chi connectivity index (χ0v) is 11.9. The summed E-state index contributed by atoms with van der Waals surface area (Å²) in [6, 6.07) is 7.45. The molecule has 1 aromatic heterocycles. The van der Waals surface area contributed by atoms with E-state index in [0.29, 0.717) is 0 Å². The van der Waals surface area contributed by atoms with Crippen LogP contribution in [0.4, 0.5) is 5.69 Å². The zero-order chi connectivity index (χ0) is 14.7. The summed E-state index contributed by atoms with van der Waals surface area (Å²) in [7, 11) is 0. The summed E-state index contributed by atoms with van der Waals surface area (Å²) in [5, 5.41) is 17.3. The summed E-state index contributed by atoms with van der Waals surface area (Å²) in [6.07, 6.45) is 4.57. The Morgan fingerprint density at radius 1 is 1.43 bits per heavy atom. The molecule has 1 amide bonds. The molecule has 0 bridgehead atoms. The number of anilines is 1. The van der Waals surface area contributed by atoms with Gasteiger partial charge in [0.1, 0.15) is 6.33 Å². The molecule has 0 spiro atoms. The van der Waals surface area contributed by atoms with Crippen molar-refractivity contribution in [3.63, 3.8) is 0 Å². The van der Waals surface area contributed by atoms with E-state index in [0.717, 1.165) is 37.2 Å². The van der Waals surface area contributed by atoms with Crippen molar-refractivity contribution >= 4 is 11.6 Å². The van der Waals surface area contributed by atoms with Crippen LogP contribution >= 0.6 is 0 Å². The Hall–Kier alpha value is -2.28. The van der Waals surface area contributed by atoms with Gasteiger partial charge in [-0.1, -0.05) is 6.07 Å². The van der Waals surface area contributed by atoms with Crippen LogP contribution in [0.2, 0.25) is 0 Å². The second-order valence-electron chi connectivity index (χ2n) is 5.47. The van der Waals surface area contributed by atoms with E-state index in [1.54, 1.807) is 4.68 Å². The van der Waals surface area contributed by atoms with Gasteiger partial charge in [0.05, 0.1) is 11.2 Å². The summed E-state index contributed by atoms with van der Waals surface area (Å²) in [5.41, 5.74) is 1.05. The van der Waals surface area contributed by atoms with Crippen molar-refractivity contribution in [1.82, 2.24) is 25.5 Å². The van der Waals surface area contributed by atoms with Gasteiger partial charge in [0.2, 0.25) is 5.91 Å². The predicted octanol–water partition coefficient (Wildman–Crippen LogP) is 1.13. The van der Waals surface area contributed by atoms with Crippen LogP contribution in [-0.2, 0) is 4.79 Å². The van der Waals surface area contributed by atoms with Gasteiger partial charge in [0.15, 0.2) is 0 Å². The van der Waals surface area contributed by atoms with Gasteiger partial charge in [-0.05, 0) is 61.4 Å². The summed E-state index contributed by atoms with van der Waals surface area (Å²) in [4.78, 5) is 12.5. The maximum Gasteiger partial charge on any atom is 0.244 e. The number of nitrogens with one attached hydrogen (secondary N) is 2. The van der Waals surface area contributed by atoms with Crippen molar-refractivity contribution < 1.29 is 4.79 Å². The first-order chi connectivity index (χ1) is 10.2. The molecule has 1 unspecified atom stereocenters. The second kappa shape index (κ2) is 5.61. The van der Waals surface area contributed by atoms with E-state index in [2.05, 4.69) is 26.2 Å². The third kappa shape index (κ3) is 2.92. The Balaban J connectivity index is 1.76. The minimum Gasteiger partial charge on any atom is -0.324 e. The molecule has 0 saturated carbocycles. The highest BCUT2D eigenvalue weighted by Crippen LogP contribution is 2.21. The fraction of sp³-hybridized carbons (Fsp3) is 0.429. The monoisotopic (exact) mass is 286 g/mol. The summed E-state index contributed by atoms with van der Waals surface area (Å²) < 4.78 is 1.55. The van der Waals surface area contributed by atoms with Gasteiger partial charge in [-0.15, -0.1) is 5.10 Å².